The molecule has 0 radical (unpaired) electrons. The lowest BCUT2D eigenvalue weighted by Gasteiger charge is -2.23. The molecule has 9 nitrogen and oxygen atoms in total. The number of nitrogens with zero attached hydrogens (tertiary/aromatic N) is 3. The van der Waals surface area contributed by atoms with Crippen molar-refractivity contribution >= 4 is 17.5 Å². The number of aryl methyl sites for hydroxylation is 1. The molecule has 0 saturated carbocycles. The number of rotatable bonds is 5. The van der Waals surface area contributed by atoms with Gasteiger partial charge in [0.25, 0.3) is 0 Å². The van der Waals surface area contributed by atoms with E-state index in [2.05, 4.69) is 10.4 Å². The molecule has 1 amide bonds. The van der Waals surface area contributed by atoms with Gasteiger partial charge in [0, 0.05) is 25.6 Å². The summed E-state index contributed by atoms with van der Waals surface area (Å²) in [5, 5.41) is 15.9. The highest BCUT2D eigenvalue weighted by Gasteiger charge is 2.43. The van der Waals surface area contributed by atoms with Crippen LogP contribution < -0.4 is 11.0 Å². The Morgan fingerprint density at radius 2 is 2.26 bits per heavy atom. The van der Waals surface area contributed by atoms with E-state index in [1.807, 2.05) is 0 Å². The molecule has 1 atom stereocenters. The van der Waals surface area contributed by atoms with E-state index < -0.39 is 17.4 Å². The molecule has 0 aliphatic carbocycles. The maximum absolute atomic E-state index is 12.1. The maximum atomic E-state index is 12.1. The minimum absolute atomic E-state index is 0.0428. The molecule has 23 heavy (non-hydrogen) atoms. The summed E-state index contributed by atoms with van der Waals surface area (Å²) >= 11 is 0. The van der Waals surface area contributed by atoms with Gasteiger partial charge in [-0.25, -0.2) is 14.3 Å². The molecule has 0 spiro atoms. The third-order valence-corrected chi connectivity index (χ3v) is 3.85. The summed E-state index contributed by atoms with van der Waals surface area (Å²) in [6.07, 6.45) is 1.78. The van der Waals surface area contributed by atoms with Crippen molar-refractivity contribution in [3.8, 4) is 0 Å². The summed E-state index contributed by atoms with van der Waals surface area (Å²) in [6.45, 7) is 0.309. The van der Waals surface area contributed by atoms with Crippen molar-refractivity contribution in [2.75, 3.05) is 13.2 Å². The van der Waals surface area contributed by atoms with Crippen LogP contribution in [0.2, 0.25) is 0 Å². The monoisotopic (exact) mass is 320 g/mol. The van der Waals surface area contributed by atoms with Crippen molar-refractivity contribution in [3.05, 3.63) is 34.9 Å². The highest BCUT2D eigenvalue weighted by atomic mass is 16.5. The molecular weight excluding hydrogens is 304 g/mol. The first-order chi connectivity index (χ1) is 11.0. The van der Waals surface area contributed by atoms with E-state index >= 15 is 0 Å². The van der Waals surface area contributed by atoms with E-state index in [1.54, 1.807) is 24.4 Å². The van der Waals surface area contributed by atoms with Gasteiger partial charge in [-0.05, 0) is 12.1 Å². The minimum atomic E-state index is -1.37. The zero-order valence-corrected chi connectivity index (χ0v) is 12.3. The molecule has 1 fully saturated rings. The van der Waals surface area contributed by atoms with Crippen molar-refractivity contribution in [1.29, 1.82) is 0 Å². The predicted octanol–water partition coefficient (Wildman–Crippen LogP) is -0.754. The fourth-order valence-electron chi connectivity index (χ4n) is 2.54. The van der Waals surface area contributed by atoms with Crippen molar-refractivity contribution < 1.29 is 19.4 Å². The van der Waals surface area contributed by atoms with Gasteiger partial charge >= 0.3 is 11.7 Å². The van der Waals surface area contributed by atoms with Gasteiger partial charge in [0.2, 0.25) is 5.91 Å². The molecule has 1 saturated heterocycles. The summed E-state index contributed by atoms with van der Waals surface area (Å²) in [5.74, 6) is -1.57. The quantitative estimate of drug-likeness (QED) is 0.749. The lowest BCUT2D eigenvalue weighted by Crippen LogP contribution is -2.55. The number of carbonyl (C=O) groups excluding carboxylic acids is 1. The number of carboxylic acids is 1. The van der Waals surface area contributed by atoms with Crippen molar-refractivity contribution in [2.24, 2.45) is 0 Å². The van der Waals surface area contributed by atoms with Crippen LogP contribution in [0.15, 0.2) is 29.2 Å². The molecule has 3 rings (SSSR count). The Kier molecular flexibility index (Phi) is 3.87. The van der Waals surface area contributed by atoms with Crippen LogP contribution in [0.25, 0.3) is 5.65 Å². The topological polar surface area (TPSA) is 115 Å². The second kappa shape index (κ2) is 5.84. The number of hydrogen-bond donors (Lipinski definition) is 2. The van der Waals surface area contributed by atoms with Gasteiger partial charge in [-0.3, -0.25) is 9.20 Å². The number of amides is 1. The van der Waals surface area contributed by atoms with Gasteiger partial charge in [0.1, 0.15) is 0 Å². The van der Waals surface area contributed by atoms with Crippen LogP contribution in [0.1, 0.15) is 12.8 Å². The first-order valence-electron chi connectivity index (χ1n) is 7.18. The Morgan fingerprint density at radius 3 is 2.91 bits per heavy atom. The molecule has 0 bridgehead atoms. The normalized spacial score (nSPS) is 20.7. The SMILES string of the molecule is O=C(CCn1nc2ccccn2c1=O)NC1(C(=O)O)CCOC1. The molecule has 2 aromatic rings. The van der Waals surface area contributed by atoms with Gasteiger partial charge in [-0.15, -0.1) is 5.10 Å². The van der Waals surface area contributed by atoms with Crippen molar-refractivity contribution in [1.82, 2.24) is 19.5 Å². The number of aliphatic carboxylic acids is 1. The first kappa shape index (κ1) is 15.2. The van der Waals surface area contributed by atoms with Gasteiger partial charge in [-0.2, -0.15) is 0 Å². The summed E-state index contributed by atoms with van der Waals surface area (Å²) < 4.78 is 7.64. The Bertz CT molecular complexity index is 803. The molecule has 122 valence electrons. The fourth-order valence-corrected chi connectivity index (χ4v) is 2.54. The summed E-state index contributed by atoms with van der Waals surface area (Å²) in [4.78, 5) is 35.4. The van der Waals surface area contributed by atoms with Crippen LogP contribution in [0.4, 0.5) is 0 Å². The van der Waals surface area contributed by atoms with Crippen molar-refractivity contribution in [3.63, 3.8) is 0 Å². The number of hydrogen-bond acceptors (Lipinski definition) is 5. The molecule has 9 heteroatoms. The first-order valence-corrected chi connectivity index (χ1v) is 7.18. The zero-order valence-electron chi connectivity index (χ0n) is 12.3. The van der Waals surface area contributed by atoms with Crippen LogP contribution in [-0.4, -0.2) is 49.9 Å². The van der Waals surface area contributed by atoms with E-state index in [-0.39, 0.29) is 31.7 Å². The molecule has 3 heterocycles. The third-order valence-electron chi connectivity index (χ3n) is 3.85. The number of pyridine rings is 1. The second-order valence-electron chi connectivity index (χ2n) is 5.42. The molecule has 1 aliphatic rings. The van der Waals surface area contributed by atoms with Gasteiger partial charge in [0.15, 0.2) is 11.2 Å². The van der Waals surface area contributed by atoms with Crippen molar-refractivity contribution in [2.45, 2.75) is 24.9 Å². The Balaban J connectivity index is 1.67. The van der Waals surface area contributed by atoms with Gasteiger partial charge in [-0.1, -0.05) is 6.07 Å². The third kappa shape index (κ3) is 2.82. The molecule has 1 aliphatic heterocycles. The number of carbonyl (C=O) groups is 2. The zero-order chi connectivity index (χ0) is 16.4. The number of ether oxygens (including phenoxy) is 1. The van der Waals surface area contributed by atoms with Crippen LogP contribution in [0.5, 0.6) is 0 Å². The Labute approximate surface area is 130 Å². The highest BCUT2D eigenvalue weighted by molar-refractivity contribution is 5.87. The average molecular weight is 320 g/mol. The summed E-state index contributed by atoms with van der Waals surface area (Å²) in [5.41, 5.74) is -1.23. The average Bonchev–Trinajstić information content (AvgIpc) is 3.12. The standard InChI is InChI=1S/C14H16N4O5/c19-11(15-14(12(20)21)5-8-23-9-14)4-7-18-13(22)17-6-2-1-3-10(17)16-18/h1-3,6H,4-5,7-9H2,(H,15,19)(H,20,21). The summed E-state index contributed by atoms with van der Waals surface area (Å²) in [6, 6.07) is 5.16. The van der Waals surface area contributed by atoms with E-state index in [0.717, 1.165) is 0 Å². The molecule has 2 N–H and O–H groups in total. The smallest absolute Gasteiger partial charge is 0.350 e. The lowest BCUT2D eigenvalue weighted by molar-refractivity contribution is -0.147. The predicted molar refractivity (Wildman–Crippen MR) is 78.0 cm³/mol. The second-order valence-corrected chi connectivity index (χ2v) is 5.42. The van der Waals surface area contributed by atoms with E-state index in [4.69, 9.17) is 4.74 Å². The van der Waals surface area contributed by atoms with Crippen LogP contribution in [0, 0.1) is 0 Å². The van der Waals surface area contributed by atoms with Gasteiger partial charge in [0.05, 0.1) is 13.2 Å². The van der Waals surface area contributed by atoms with E-state index in [1.165, 1.54) is 9.08 Å². The van der Waals surface area contributed by atoms with Gasteiger partial charge < -0.3 is 15.2 Å². The van der Waals surface area contributed by atoms with E-state index in [9.17, 15) is 19.5 Å². The van der Waals surface area contributed by atoms with Crippen LogP contribution in [0.3, 0.4) is 0 Å². The Morgan fingerprint density at radius 1 is 1.43 bits per heavy atom. The number of aromatic nitrogens is 3. The number of fused-ring (bicyclic) bond motifs is 1. The number of nitrogens with one attached hydrogen (secondary N) is 1. The van der Waals surface area contributed by atoms with Crippen LogP contribution >= 0.6 is 0 Å². The minimum Gasteiger partial charge on any atom is -0.479 e. The molecule has 1 unspecified atom stereocenters. The number of carboxylic acid groups (broad SMARTS) is 1. The lowest BCUT2D eigenvalue weighted by atomic mass is 9.99. The fraction of sp³-hybridized carbons (Fsp3) is 0.429. The highest BCUT2D eigenvalue weighted by Crippen LogP contribution is 2.19. The van der Waals surface area contributed by atoms with E-state index in [0.29, 0.717) is 12.3 Å². The Hall–Kier alpha value is -2.68. The molecular formula is C14H16N4O5. The largest absolute Gasteiger partial charge is 0.479 e. The maximum Gasteiger partial charge on any atom is 0.350 e. The molecule has 0 aromatic carbocycles. The van der Waals surface area contributed by atoms with Crippen LogP contribution in [-0.2, 0) is 20.9 Å². The molecule has 2 aromatic heterocycles. The summed E-state index contributed by atoms with van der Waals surface area (Å²) in [7, 11) is 0.